The Morgan fingerprint density at radius 2 is 1.79 bits per heavy atom. The highest BCUT2D eigenvalue weighted by Gasteiger charge is 2.14. The molecule has 1 heterocycles. The Bertz CT molecular complexity index is 887. The van der Waals surface area contributed by atoms with Crippen LogP contribution in [0.4, 0.5) is 5.69 Å². The second-order valence-corrected chi connectivity index (χ2v) is 6.86. The smallest absolute Gasteiger partial charge is 0.261 e. The van der Waals surface area contributed by atoms with Gasteiger partial charge in [-0.3, -0.25) is 9.40 Å². The van der Waals surface area contributed by atoms with Gasteiger partial charge in [0.2, 0.25) is 0 Å². The van der Waals surface area contributed by atoms with Crippen LogP contribution in [0.15, 0.2) is 71.9 Å². The summed E-state index contributed by atoms with van der Waals surface area (Å²) >= 11 is 0. The number of hydrogen-bond acceptors (Lipinski definition) is 4. The number of nitrogens with one attached hydrogen (secondary N) is 1. The first kappa shape index (κ1) is 16.1. The first-order valence-corrected chi connectivity index (χ1v) is 8.78. The predicted molar refractivity (Wildman–Crippen MR) is 91.6 cm³/mol. The summed E-state index contributed by atoms with van der Waals surface area (Å²) in [4.78, 5) is 0.184. The molecule has 1 N–H and O–H groups in total. The van der Waals surface area contributed by atoms with Gasteiger partial charge in [0.25, 0.3) is 10.0 Å². The van der Waals surface area contributed by atoms with Gasteiger partial charge in [-0.25, -0.2) is 8.42 Å². The molecular weight excluding hydrogens is 326 g/mol. The van der Waals surface area contributed by atoms with Crippen LogP contribution in [0.3, 0.4) is 0 Å². The van der Waals surface area contributed by atoms with Crippen molar-refractivity contribution in [1.82, 2.24) is 9.78 Å². The molecule has 0 amide bonds. The molecule has 0 saturated carbocycles. The van der Waals surface area contributed by atoms with E-state index in [2.05, 4.69) is 9.82 Å². The molecule has 0 aliphatic heterocycles. The summed E-state index contributed by atoms with van der Waals surface area (Å²) in [5.74, 6) is 0.608. The number of ether oxygens (including phenoxy) is 1. The van der Waals surface area contributed by atoms with Crippen molar-refractivity contribution >= 4 is 15.7 Å². The van der Waals surface area contributed by atoms with Crippen LogP contribution >= 0.6 is 0 Å². The van der Waals surface area contributed by atoms with Gasteiger partial charge in [-0.05, 0) is 48.0 Å². The van der Waals surface area contributed by atoms with E-state index in [1.165, 1.54) is 19.2 Å². The number of nitrogens with zero attached hydrogens (tertiary/aromatic N) is 2. The van der Waals surface area contributed by atoms with E-state index in [1.807, 2.05) is 24.4 Å². The van der Waals surface area contributed by atoms with Gasteiger partial charge in [-0.1, -0.05) is 12.1 Å². The molecule has 0 atom stereocenters. The lowest BCUT2D eigenvalue weighted by atomic mass is 10.2. The molecule has 0 radical (unpaired) electrons. The summed E-state index contributed by atoms with van der Waals surface area (Å²) in [6.45, 7) is 0.637. The molecule has 1 aromatic heterocycles. The topological polar surface area (TPSA) is 73.2 Å². The lowest BCUT2D eigenvalue weighted by Gasteiger charge is -2.09. The van der Waals surface area contributed by atoms with Gasteiger partial charge in [-0.15, -0.1) is 0 Å². The number of rotatable bonds is 6. The summed E-state index contributed by atoms with van der Waals surface area (Å²) in [5, 5.41) is 4.14. The molecule has 2 aromatic carbocycles. The minimum atomic E-state index is -3.62. The van der Waals surface area contributed by atoms with Crippen LogP contribution in [0.2, 0.25) is 0 Å². The van der Waals surface area contributed by atoms with E-state index < -0.39 is 10.0 Å². The highest BCUT2D eigenvalue weighted by Crippen LogP contribution is 2.19. The Hall–Kier alpha value is -2.80. The van der Waals surface area contributed by atoms with E-state index in [0.29, 0.717) is 18.0 Å². The van der Waals surface area contributed by atoms with Crippen molar-refractivity contribution in [2.24, 2.45) is 0 Å². The third-order valence-corrected chi connectivity index (χ3v) is 4.88. The maximum Gasteiger partial charge on any atom is 0.261 e. The number of sulfonamides is 1. The molecule has 6 nitrogen and oxygen atoms in total. The zero-order chi connectivity index (χ0) is 17.0. The quantitative estimate of drug-likeness (QED) is 0.747. The fourth-order valence-electron chi connectivity index (χ4n) is 2.23. The number of anilines is 1. The Morgan fingerprint density at radius 3 is 2.38 bits per heavy atom. The average Bonchev–Trinajstić information content (AvgIpc) is 3.09. The van der Waals surface area contributed by atoms with Crippen LogP contribution in [0.25, 0.3) is 0 Å². The molecule has 7 heteroatoms. The minimum absolute atomic E-state index is 0.184. The molecule has 0 saturated heterocycles. The van der Waals surface area contributed by atoms with Gasteiger partial charge < -0.3 is 4.74 Å². The van der Waals surface area contributed by atoms with E-state index in [1.54, 1.807) is 35.1 Å². The van der Waals surface area contributed by atoms with Crippen molar-refractivity contribution in [3.63, 3.8) is 0 Å². The SMILES string of the molecule is COc1ccc(S(=O)(=O)Nc2ccc(Cn3cccn3)cc2)cc1. The van der Waals surface area contributed by atoms with Crippen LogP contribution < -0.4 is 9.46 Å². The van der Waals surface area contributed by atoms with Crippen LogP contribution in [0, 0.1) is 0 Å². The number of aromatic nitrogens is 2. The summed E-state index contributed by atoms with van der Waals surface area (Å²) in [6.07, 6.45) is 3.59. The number of benzene rings is 2. The third-order valence-electron chi connectivity index (χ3n) is 3.48. The van der Waals surface area contributed by atoms with Crippen LogP contribution in [-0.2, 0) is 16.6 Å². The molecule has 0 unspecified atom stereocenters. The van der Waals surface area contributed by atoms with E-state index in [9.17, 15) is 8.42 Å². The van der Waals surface area contributed by atoms with Crippen molar-refractivity contribution in [3.05, 3.63) is 72.6 Å². The summed E-state index contributed by atoms with van der Waals surface area (Å²) in [5.41, 5.74) is 1.54. The Kier molecular flexibility index (Phi) is 4.52. The molecule has 3 rings (SSSR count). The second kappa shape index (κ2) is 6.76. The van der Waals surface area contributed by atoms with Crippen molar-refractivity contribution < 1.29 is 13.2 Å². The van der Waals surface area contributed by atoms with Crippen molar-refractivity contribution in [3.8, 4) is 5.75 Å². The van der Waals surface area contributed by atoms with Crippen LogP contribution in [-0.4, -0.2) is 25.3 Å². The third kappa shape index (κ3) is 3.75. The fraction of sp³-hybridized carbons (Fsp3) is 0.118. The highest BCUT2D eigenvalue weighted by molar-refractivity contribution is 7.92. The van der Waals surface area contributed by atoms with Crippen molar-refractivity contribution in [2.45, 2.75) is 11.4 Å². The molecule has 3 aromatic rings. The van der Waals surface area contributed by atoms with Crippen LogP contribution in [0.1, 0.15) is 5.56 Å². The predicted octanol–water partition coefficient (Wildman–Crippen LogP) is 2.74. The van der Waals surface area contributed by atoms with Crippen molar-refractivity contribution in [2.75, 3.05) is 11.8 Å². The zero-order valence-electron chi connectivity index (χ0n) is 13.1. The van der Waals surface area contributed by atoms with E-state index in [0.717, 1.165) is 5.56 Å². The maximum absolute atomic E-state index is 12.4. The van der Waals surface area contributed by atoms with E-state index in [-0.39, 0.29) is 4.90 Å². The van der Waals surface area contributed by atoms with Gasteiger partial charge in [-0.2, -0.15) is 5.10 Å². The standard InChI is InChI=1S/C17H17N3O3S/c1-23-16-7-9-17(10-8-16)24(21,22)19-15-5-3-14(4-6-15)13-20-12-2-11-18-20/h2-12,19H,13H2,1H3. The van der Waals surface area contributed by atoms with Gasteiger partial charge in [0.15, 0.2) is 0 Å². The van der Waals surface area contributed by atoms with E-state index >= 15 is 0 Å². The lowest BCUT2D eigenvalue weighted by Crippen LogP contribution is -2.13. The lowest BCUT2D eigenvalue weighted by molar-refractivity contribution is 0.414. The molecule has 0 aliphatic rings. The summed E-state index contributed by atoms with van der Waals surface area (Å²) < 4.78 is 34.2. The zero-order valence-corrected chi connectivity index (χ0v) is 13.9. The fourth-order valence-corrected chi connectivity index (χ4v) is 3.29. The molecule has 0 spiro atoms. The minimum Gasteiger partial charge on any atom is -0.497 e. The molecule has 124 valence electrons. The highest BCUT2D eigenvalue weighted by atomic mass is 32.2. The van der Waals surface area contributed by atoms with Gasteiger partial charge in [0.05, 0.1) is 18.6 Å². The van der Waals surface area contributed by atoms with Gasteiger partial charge in [0, 0.05) is 18.1 Å². The molecule has 0 aliphatic carbocycles. The Balaban J connectivity index is 1.72. The summed E-state index contributed by atoms with van der Waals surface area (Å²) in [6, 6.07) is 15.3. The number of methoxy groups -OCH3 is 1. The normalized spacial score (nSPS) is 11.2. The first-order chi connectivity index (χ1) is 11.6. The molecule has 24 heavy (non-hydrogen) atoms. The number of hydrogen-bond donors (Lipinski definition) is 1. The van der Waals surface area contributed by atoms with E-state index in [4.69, 9.17) is 4.74 Å². The Labute approximate surface area is 140 Å². The average molecular weight is 343 g/mol. The molecular formula is C17H17N3O3S. The van der Waals surface area contributed by atoms with Crippen molar-refractivity contribution in [1.29, 1.82) is 0 Å². The first-order valence-electron chi connectivity index (χ1n) is 7.30. The second-order valence-electron chi connectivity index (χ2n) is 5.18. The molecule has 0 fully saturated rings. The largest absolute Gasteiger partial charge is 0.497 e. The Morgan fingerprint density at radius 1 is 1.08 bits per heavy atom. The molecule has 0 bridgehead atoms. The van der Waals surface area contributed by atoms with Crippen LogP contribution in [0.5, 0.6) is 5.75 Å². The summed E-state index contributed by atoms with van der Waals surface area (Å²) in [7, 11) is -2.09. The maximum atomic E-state index is 12.4. The monoisotopic (exact) mass is 343 g/mol. The van der Waals surface area contributed by atoms with Gasteiger partial charge >= 0.3 is 0 Å². The van der Waals surface area contributed by atoms with Gasteiger partial charge in [0.1, 0.15) is 5.75 Å².